The van der Waals surface area contributed by atoms with E-state index in [0.717, 1.165) is 6.07 Å². The second-order valence-corrected chi connectivity index (χ2v) is 7.06. The van der Waals surface area contributed by atoms with Gasteiger partial charge in [-0.2, -0.15) is 11.3 Å². The Hall–Kier alpha value is -3.59. The first-order chi connectivity index (χ1) is 14.5. The molecule has 30 heavy (non-hydrogen) atoms. The zero-order chi connectivity index (χ0) is 21.3. The molecule has 0 aliphatic carbocycles. The summed E-state index contributed by atoms with van der Waals surface area (Å²) in [6.07, 6.45) is 2.01. The zero-order valence-corrected chi connectivity index (χ0v) is 16.7. The number of hydrogen-bond donors (Lipinski definition) is 3. The van der Waals surface area contributed by atoms with Crippen LogP contribution in [0.15, 0.2) is 59.4 Å². The number of aromatic nitrogens is 1. The zero-order valence-electron chi connectivity index (χ0n) is 15.9. The van der Waals surface area contributed by atoms with E-state index >= 15 is 0 Å². The molecule has 9 heteroatoms. The largest absolute Gasteiger partial charge is 0.352 e. The minimum atomic E-state index is -0.552. The lowest BCUT2D eigenvalue weighted by atomic mass is 10.2. The standard InChI is InChI=1S/C21H19FN4O3S/c22-15-6-7-16(26-21(29)17-4-1-2-9-23-17)18(12-15)25-19(27)5-3-10-24-20(28)14-8-11-30-13-14/h1-2,4,6-9,11-13H,3,5,10H2,(H,24,28)(H,25,27)(H,26,29). The molecule has 0 saturated carbocycles. The molecule has 154 valence electrons. The fraction of sp³-hybridized carbons (Fsp3) is 0.143. The molecule has 3 rings (SSSR count). The van der Waals surface area contributed by atoms with Crippen molar-refractivity contribution in [3.8, 4) is 0 Å². The Bertz CT molecular complexity index is 1030. The summed E-state index contributed by atoms with van der Waals surface area (Å²) in [6, 6.07) is 10.3. The van der Waals surface area contributed by atoms with Crippen molar-refractivity contribution in [1.82, 2.24) is 10.3 Å². The molecular weight excluding hydrogens is 407 g/mol. The first-order valence-corrected chi connectivity index (χ1v) is 10.1. The Morgan fingerprint density at radius 3 is 2.60 bits per heavy atom. The van der Waals surface area contributed by atoms with Gasteiger partial charge in [-0.15, -0.1) is 0 Å². The lowest BCUT2D eigenvalue weighted by Crippen LogP contribution is -2.25. The normalized spacial score (nSPS) is 10.3. The second kappa shape index (κ2) is 10.3. The first kappa shape index (κ1) is 21.1. The summed E-state index contributed by atoms with van der Waals surface area (Å²) in [5.41, 5.74) is 1.18. The third kappa shape index (κ3) is 5.95. The number of anilines is 2. The van der Waals surface area contributed by atoms with Crippen LogP contribution in [0.1, 0.15) is 33.7 Å². The number of carbonyl (C=O) groups is 3. The molecule has 7 nitrogen and oxygen atoms in total. The third-order valence-corrected chi connectivity index (χ3v) is 4.73. The fourth-order valence-electron chi connectivity index (χ4n) is 2.57. The summed E-state index contributed by atoms with van der Waals surface area (Å²) >= 11 is 1.43. The molecular formula is C21H19FN4O3S. The highest BCUT2D eigenvalue weighted by molar-refractivity contribution is 7.08. The van der Waals surface area contributed by atoms with E-state index in [4.69, 9.17) is 0 Å². The van der Waals surface area contributed by atoms with Crippen molar-refractivity contribution in [1.29, 1.82) is 0 Å². The van der Waals surface area contributed by atoms with Gasteiger partial charge in [0.25, 0.3) is 11.8 Å². The Morgan fingerprint density at radius 1 is 1.00 bits per heavy atom. The van der Waals surface area contributed by atoms with Crippen LogP contribution in [0.5, 0.6) is 0 Å². The highest BCUT2D eigenvalue weighted by Crippen LogP contribution is 2.23. The monoisotopic (exact) mass is 426 g/mol. The van der Waals surface area contributed by atoms with Gasteiger partial charge in [-0.25, -0.2) is 4.39 Å². The minimum absolute atomic E-state index is 0.119. The second-order valence-electron chi connectivity index (χ2n) is 6.28. The Labute approximate surface area is 176 Å². The summed E-state index contributed by atoms with van der Waals surface area (Å²) in [7, 11) is 0. The first-order valence-electron chi connectivity index (χ1n) is 9.15. The van der Waals surface area contributed by atoms with Gasteiger partial charge in [-0.3, -0.25) is 19.4 Å². The molecule has 3 aromatic rings. The summed E-state index contributed by atoms with van der Waals surface area (Å²) < 4.78 is 13.7. The molecule has 0 saturated heterocycles. The van der Waals surface area contributed by atoms with E-state index in [-0.39, 0.29) is 35.3 Å². The van der Waals surface area contributed by atoms with Crippen LogP contribution in [0, 0.1) is 5.82 Å². The number of pyridine rings is 1. The molecule has 0 spiro atoms. The average molecular weight is 426 g/mol. The Balaban J connectivity index is 1.53. The van der Waals surface area contributed by atoms with Crippen molar-refractivity contribution in [3.63, 3.8) is 0 Å². The number of nitrogens with zero attached hydrogens (tertiary/aromatic N) is 1. The predicted molar refractivity (Wildman–Crippen MR) is 113 cm³/mol. The van der Waals surface area contributed by atoms with E-state index in [1.165, 1.54) is 29.7 Å². The molecule has 0 aliphatic rings. The van der Waals surface area contributed by atoms with Gasteiger partial charge in [-0.1, -0.05) is 6.07 Å². The third-order valence-electron chi connectivity index (χ3n) is 4.05. The number of amides is 3. The smallest absolute Gasteiger partial charge is 0.274 e. The van der Waals surface area contributed by atoms with E-state index in [1.54, 1.807) is 29.6 Å². The van der Waals surface area contributed by atoms with Crippen molar-refractivity contribution >= 4 is 40.4 Å². The number of benzene rings is 1. The minimum Gasteiger partial charge on any atom is -0.352 e. The Morgan fingerprint density at radius 2 is 1.87 bits per heavy atom. The average Bonchev–Trinajstić information content (AvgIpc) is 3.28. The van der Waals surface area contributed by atoms with Crippen LogP contribution in [0.25, 0.3) is 0 Å². The van der Waals surface area contributed by atoms with Crippen molar-refractivity contribution in [3.05, 3.63) is 76.5 Å². The molecule has 0 fully saturated rings. The maximum Gasteiger partial charge on any atom is 0.274 e. The van der Waals surface area contributed by atoms with Crippen LogP contribution in [0.2, 0.25) is 0 Å². The number of thiophene rings is 1. The molecule has 1 aromatic carbocycles. The summed E-state index contributed by atoms with van der Waals surface area (Å²) in [5.74, 6) is -1.59. The highest BCUT2D eigenvalue weighted by Gasteiger charge is 2.13. The quantitative estimate of drug-likeness (QED) is 0.478. The molecule has 3 amide bonds. The number of hydrogen-bond acceptors (Lipinski definition) is 5. The Kier molecular flexibility index (Phi) is 7.23. The summed E-state index contributed by atoms with van der Waals surface area (Å²) in [6.45, 7) is 0.328. The molecule has 2 aromatic heterocycles. The van der Waals surface area contributed by atoms with Gasteiger partial charge < -0.3 is 16.0 Å². The maximum atomic E-state index is 13.7. The molecule has 0 aliphatic heterocycles. The van der Waals surface area contributed by atoms with Gasteiger partial charge in [0.1, 0.15) is 11.5 Å². The number of nitrogens with one attached hydrogen (secondary N) is 3. The van der Waals surface area contributed by atoms with Crippen molar-refractivity contribution in [2.45, 2.75) is 12.8 Å². The SMILES string of the molecule is O=C(CCCNC(=O)c1ccsc1)Nc1cc(F)ccc1NC(=O)c1ccccn1. The van der Waals surface area contributed by atoms with E-state index in [1.807, 2.05) is 5.38 Å². The van der Waals surface area contributed by atoms with Gasteiger partial charge in [0.15, 0.2) is 0 Å². The molecule has 0 bridgehead atoms. The summed E-state index contributed by atoms with van der Waals surface area (Å²) in [4.78, 5) is 40.3. The van der Waals surface area contributed by atoms with Crippen LogP contribution < -0.4 is 16.0 Å². The lowest BCUT2D eigenvalue weighted by molar-refractivity contribution is -0.116. The predicted octanol–water partition coefficient (Wildman–Crippen LogP) is 3.68. The van der Waals surface area contributed by atoms with Crippen molar-refractivity contribution in [2.75, 3.05) is 17.2 Å². The van der Waals surface area contributed by atoms with Crippen LogP contribution in [0.3, 0.4) is 0 Å². The van der Waals surface area contributed by atoms with E-state index in [0.29, 0.717) is 18.5 Å². The van der Waals surface area contributed by atoms with Gasteiger partial charge in [-0.05, 0) is 48.2 Å². The number of carbonyl (C=O) groups excluding carboxylic acids is 3. The van der Waals surface area contributed by atoms with Crippen molar-refractivity contribution < 1.29 is 18.8 Å². The lowest BCUT2D eigenvalue weighted by Gasteiger charge is -2.12. The van der Waals surface area contributed by atoms with E-state index < -0.39 is 11.7 Å². The van der Waals surface area contributed by atoms with E-state index in [9.17, 15) is 18.8 Å². The van der Waals surface area contributed by atoms with Crippen LogP contribution in [-0.4, -0.2) is 29.3 Å². The highest BCUT2D eigenvalue weighted by atomic mass is 32.1. The van der Waals surface area contributed by atoms with Gasteiger partial charge in [0, 0.05) is 30.1 Å². The fourth-order valence-corrected chi connectivity index (χ4v) is 3.21. The van der Waals surface area contributed by atoms with Gasteiger partial charge in [0.2, 0.25) is 5.91 Å². The number of rotatable bonds is 8. The van der Waals surface area contributed by atoms with Crippen LogP contribution >= 0.6 is 11.3 Å². The number of halogens is 1. The molecule has 2 heterocycles. The molecule has 3 N–H and O–H groups in total. The summed E-state index contributed by atoms with van der Waals surface area (Å²) in [5, 5.41) is 11.5. The topological polar surface area (TPSA) is 100 Å². The molecule has 0 atom stereocenters. The van der Waals surface area contributed by atoms with Crippen LogP contribution in [0.4, 0.5) is 15.8 Å². The van der Waals surface area contributed by atoms with Gasteiger partial charge >= 0.3 is 0 Å². The van der Waals surface area contributed by atoms with Crippen LogP contribution in [-0.2, 0) is 4.79 Å². The molecule has 0 unspecified atom stereocenters. The molecule has 0 radical (unpaired) electrons. The maximum absolute atomic E-state index is 13.7. The van der Waals surface area contributed by atoms with Crippen molar-refractivity contribution in [2.24, 2.45) is 0 Å². The van der Waals surface area contributed by atoms with Gasteiger partial charge in [0.05, 0.1) is 11.4 Å². The van der Waals surface area contributed by atoms with E-state index in [2.05, 4.69) is 20.9 Å².